The van der Waals surface area contributed by atoms with E-state index in [4.69, 9.17) is 23.4 Å². The maximum absolute atomic E-state index is 11.8. The molecule has 6 nitrogen and oxygen atoms in total. The lowest BCUT2D eigenvalue weighted by atomic mass is 10.1. The minimum Gasteiger partial charge on any atom is -0.493 e. The Morgan fingerprint density at radius 3 is 2.43 bits per heavy atom. The molecule has 2 aromatic carbocycles. The van der Waals surface area contributed by atoms with Crippen LogP contribution in [0.25, 0.3) is 28.4 Å². The molecule has 0 amide bonds. The third-order valence-electron chi connectivity index (χ3n) is 4.65. The number of hydrogen-bond donors (Lipinski definition) is 0. The van der Waals surface area contributed by atoms with Gasteiger partial charge in [-0.05, 0) is 54.5 Å². The van der Waals surface area contributed by atoms with Crippen molar-refractivity contribution in [2.75, 3.05) is 27.9 Å². The summed E-state index contributed by atoms with van der Waals surface area (Å²) in [5, 5.41) is 0.859. The number of hydrogen-bond acceptors (Lipinski definition) is 6. The van der Waals surface area contributed by atoms with Crippen molar-refractivity contribution in [3.8, 4) is 28.6 Å². The lowest BCUT2D eigenvalue weighted by Crippen LogP contribution is -2.01. The number of carbonyl (C=O) groups excluding carboxylic acids is 1. The van der Waals surface area contributed by atoms with Gasteiger partial charge in [-0.3, -0.25) is 0 Å². The van der Waals surface area contributed by atoms with E-state index in [1.807, 2.05) is 43.3 Å². The molecule has 3 aromatic rings. The maximum Gasteiger partial charge on any atom is 0.330 e. The predicted octanol–water partition coefficient (Wildman–Crippen LogP) is 5.48. The van der Waals surface area contributed by atoms with E-state index >= 15 is 0 Å². The largest absolute Gasteiger partial charge is 0.493 e. The number of carbonyl (C=O) groups is 1. The number of furan rings is 1. The minimum atomic E-state index is -0.360. The Balaban J connectivity index is 1.91. The summed E-state index contributed by atoms with van der Waals surface area (Å²) >= 11 is 0. The van der Waals surface area contributed by atoms with Crippen molar-refractivity contribution >= 4 is 23.0 Å². The number of unbranched alkanes of at least 4 members (excludes halogenated alkanes) is 1. The van der Waals surface area contributed by atoms with Crippen molar-refractivity contribution in [3.63, 3.8) is 0 Å². The zero-order valence-electron chi connectivity index (χ0n) is 17.7. The van der Waals surface area contributed by atoms with Gasteiger partial charge in [0.2, 0.25) is 0 Å². The maximum atomic E-state index is 11.8. The number of methoxy groups -OCH3 is 3. The average Bonchev–Trinajstić information content (AvgIpc) is 3.21. The van der Waals surface area contributed by atoms with Crippen LogP contribution in [0.15, 0.2) is 46.9 Å². The first-order chi connectivity index (χ1) is 14.6. The molecule has 0 N–H and O–H groups in total. The highest BCUT2D eigenvalue weighted by Crippen LogP contribution is 2.38. The number of esters is 1. The van der Waals surface area contributed by atoms with Crippen molar-refractivity contribution in [1.82, 2.24) is 0 Å². The first-order valence-corrected chi connectivity index (χ1v) is 9.78. The summed E-state index contributed by atoms with van der Waals surface area (Å²) < 4.78 is 27.4. The molecule has 1 heterocycles. The quantitative estimate of drug-likeness (QED) is 0.264. The fourth-order valence-electron chi connectivity index (χ4n) is 3.05. The molecule has 0 bridgehead atoms. The van der Waals surface area contributed by atoms with Crippen molar-refractivity contribution in [1.29, 1.82) is 0 Å². The summed E-state index contributed by atoms with van der Waals surface area (Å²) in [5.74, 6) is 2.16. The van der Waals surface area contributed by atoms with Crippen molar-refractivity contribution in [2.24, 2.45) is 0 Å². The molecule has 6 heteroatoms. The van der Waals surface area contributed by atoms with Crippen LogP contribution in [0, 0.1) is 0 Å². The second kappa shape index (κ2) is 9.87. The number of benzene rings is 2. The Hall–Kier alpha value is -3.41. The molecule has 0 aliphatic rings. The highest BCUT2D eigenvalue weighted by Gasteiger charge is 2.14. The Kier molecular flexibility index (Phi) is 7.01. The van der Waals surface area contributed by atoms with Gasteiger partial charge in [-0.25, -0.2) is 4.79 Å². The first-order valence-electron chi connectivity index (χ1n) is 9.78. The monoisotopic (exact) mass is 410 g/mol. The fraction of sp³-hybridized carbons (Fsp3) is 0.292. The molecule has 0 fully saturated rings. The first kappa shape index (κ1) is 21.3. The van der Waals surface area contributed by atoms with Crippen molar-refractivity contribution in [3.05, 3.63) is 48.0 Å². The van der Waals surface area contributed by atoms with Crippen LogP contribution in [0.1, 0.15) is 25.3 Å². The molecule has 0 aliphatic heterocycles. The fourth-order valence-corrected chi connectivity index (χ4v) is 3.05. The van der Waals surface area contributed by atoms with Crippen LogP contribution in [-0.2, 0) is 9.53 Å². The molecule has 0 spiro atoms. The molecule has 0 atom stereocenters. The average molecular weight is 410 g/mol. The molecule has 0 aliphatic carbocycles. The number of ether oxygens (including phenoxy) is 4. The van der Waals surface area contributed by atoms with Crippen LogP contribution < -0.4 is 14.2 Å². The smallest absolute Gasteiger partial charge is 0.330 e. The molecular weight excluding hydrogens is 384 g/mol. The summed E-state index contributed by atoms with van der Waals surface area (Å²) in [6.07, 6.45) is 4.96. The van der Waals surface area contributed by atoms with E-state index in [1.54, 1.807) is 27.4 Å². The van der Waals surface area contributed by atoms with E-state index in [0.717, 1.165) is 29.4 Å². The van der Waals surface area contributed by atoms with Crippen LogP contribution in [0.2, 0.25) is 0 Å². The highest BCUT2D eigenvalue weighted by molar-refractivity contribution is 5.92. The van der Waals surface area contributed by atoms with Gasteiger partial charge < -0.3 is 23.4 Å². The van der Waals surface area contributed by atoms with Gasteiger partial charge >= 0.3 is 5.97 Å². The van der Waals surface area contributed by atoms with Gasteiger partial charge in [0.1, 0.15) is 5.76 Å². The standard InChI is InChI=1S/C24H26O6/c1-5-6-11-29-23(25)10-7-16-12-18-15-20(30-24(18)22(13-16)28-4)17-8-9-19(26-2)21(14-17)27-3/h7-10,12-15H,5-6,11H2,1-4H3/b10-7+. The van der Waals surface area contributed by atoms with Crippen LogP contribution in [0.4, 0.5) is 0 Å². The molecule has 1 aromatic heterocycles. The third kappa shape index (κ3) is 4.76. The van der Waals surface area contributed by atoms with E-state index in [-0.39, 0.29) is 5.97 Å². The molecular formula is C24H26O6. The third-order valence-corrected chi connectivity index (χ3v) is 4.65. The molecule has 0 saturated carbocycles. The number of rotatable bonds is 9. The summed E-state index contributed by atoms with van der Waals surface area (Å²) in [6, 6.07) is 11.3. The molecule has 0 radical (unpaired) electrons. The second-order valence-electron chi connectivity index (χ2n) is 6.68. The summed E-state index contributed by atoms with van der Waals surface area (Å²) in [7, 11) is 4.77. The highest BCUT2D eigenvalue weighted by atomic mass is 16.5. The lowest BCUT2D eigenvalue weighted by Gasteiger charge is -2.08. The van der Waals surface area contributed by atoms with Gasteiger partial charge in [0.25, 0.3) is 0 Å². The molecule has 0 unspecified atom stereocenters. The molecule has 30 heavy (non-hydrogen) atoms. The van der Waals surface area contributed by atoms with Crippen LogP contribution in [0.5, 0.6) is 17.2 Å². The summed E-state index contributed by atoms with van der Waals surface area (Å²) in [6.45, 7) is 2.48. The normalized spacial score (nSPS) is 11.1. The SMILES string of the molecule is CCCCOC(=O)/C=C/c1cc(OC)c2oc(-c3ccc(OC)c(OC)c3)cc2c1. The van der Waals surface area contributed by atoms with Crippen LogP contribution in [0.3, 0.4) is 0 Å². The van der Waals surface area contributed by atoms with E-state index in [9.17, 15) is 4.79 Å². The van der Waals surface area contributed by atoms with Crippen LogP contribution in [-0.4, -0.2) is 33.9 Å². The van der Waals surface area contributed by atoms with Gasteiger partial charge in [-0.2, -0.15) is 0 Å². The molecule has 158 valence electrons. The summed E-state index contributed by atoms with van der Waals surface area (Å²) in [5.41, 5.74) is 2.29. The van der Waals surface area contributed by atoms with E-state index in [1.165, 1.54) is 6.08 Å². The van der Waals surface area contributed by atoms with Crippen molar-refractivity contribution in [2.45, 2.75) is 19.8 Å². The Morgan fingerprint density at radius 2 is 1.73 bits per heavy atom. The Bertz CT molecular complexity index is 1050. The van der Waals surface area contributed by atoms with Crippen LogP contribution >= 0.6 is 0 Å². The van der Waals surface area contributed by atoms with Crippen molar-refractivity contribution < 1.29 is 28.2 Å². The number of fused-ring (bicyclic) bond motifs is 1. The van der Waals surface area contributed by atoms with Gasteiger partial charge in [0.15, 0.2) is 22.8 Å². The Morgan fingerprint density at radius 1 is 0.967 bits per heavy atom. The van der Waals surface area contributed by atoms with E-state index < -0.39 is 0 Å². The van der Waals surface area contributed by atoms with Gasteiger partial charge in [0, 0.05) is 17.0 Å². The predicted molar refractivity (Wildman–Crippen MR) is 116 cm³/mol. The van der Waals surface area contributed by atoms with Gasteiger partial charge in [0.05, 0.1) is 27.9 Å². The van der Waals surface area contributed by atoms with E-state index in [2.05, 4.69) is 0 Å². The molecule has 0 saturated heterocycles. The zero-order valence-corrected chi connectivity index (χ0v) is 17.7. The minimum absolute atomic E-state index is 0.360. The second-order valence-corrected chi connectivity index (χ2v) is 6.68. The Labute approximate surface area is 176 Å². The van der Waals surface area contributed by atoms with Gasteiger partial charge in [-0.1, -0.05) is 13.3 Å². The van der Waals surface area contributed by atoms with E-state index in [0.29, 0.717) is 35.2 Å². The molecule has 3 rings (SSSR count). The summed E-state index contributed by atoms with van der Waals surface area (Å²) in [4.78, 5) is 11.8. The van der Waals surface area contributed by atoms with Gasteiger partial charge in [-0.15, -0.1) is 0 Å². The topological polar surface area (TPSA) is 67.1 Å². The lowest BCUT2D eigenvalue weighted by molar-refractivity contribution is -0.137. The zero-order chi connectivity index (χ0) is 21.5.